The van der Waals surface area contributed by atoms with Gasteiger partial charge in [-0.25, -0.2) is 4.79 Å². The number of urea groups is 1. The van der Waals surface area contributed by atoms with Gasteiger partial charge in [-0.1, -0.05) is 36.4 Å². The molecule has 1 unspecified atom stereocenters. The number of nitrogens with one attached hydrogen (secondary N) is 1. The number of carbonyl (C=O) groups is 1. The molecule has 0 saturated carbocycles. The Labute approximate surface area is 128 Å². The third-order valence-corrected chi connectivity index (χ3v) is 4.21. The van der Waals surface area contributed by atoms with Crippen molar-refractivity contribution in [2.24, 2.45) is 0 Å². The Morgan fingerprint density at radius 2 is 1.41 bits per heavy atom. The fourth-order valence-electron chi connectivity index (χ4n) is 1.87. The topological polar surface area (TPSA) is 89.9 Å². The molecule has 116 valence electrons. The van der Waals surface area contributed by atoms with E-state index in [1.54, 1.807) is 48.5 Å². The molecular formula is C15H17N2O4P. The van der Waals surface area contributed by atoms with Crippen LogP contribution in [0.4, 0.5) is 16.2 Å². The van der Waals surface area contributed by atoms with Crippen molar-refractivity contribution < 1.29 is 19.1 Å². The summed E-state index contributed by atoms with van der Waals surface area (Å²) in [7, 11) is -4.39. The summed E-state index contributed by atoms with van der Waals surface area (Å²) < 4.78 is 11.2. The molecule has 2 aromatic rings. The minimum atomic E-state index is -4.39. The number of benzene rings is 2. The van der Waals surface area contributed by atoms with E-state index in [-0.39, 0.29) is 0 Å². The number of carbonyl (C=O) groups excluding carboxylic acids is 1. The van der Waals surface area contributed by atoms with Gasteiger partial charge in [-0.3, -0.25) is 9.46 Å². The molecule has 0 aliphatic heterocycles. The number of hydrogen-bond donors (Lipinski definition) is 3. The highest BCUT2D eigenvalue weighted by Gasteiger charge is 2.28. The molecule has 2 aromatic carbocycles. The molecule has 0 aliphatic rings. The highest BCUT2D eigenvalue weighted by molar-refractivity contribution is 7.52. The van der Waals surface area contributed by atoms with E-state index in [2.05, 4.69) is 5.32 Å². The summed E-state index contributed by atoms with van der Waals surface area (Å²) in [6, 6.07) is 17.2. The molecular weight excluding hydrogens is 303 g/mol. The number of para-hydroxylation sites is 2. The molecule has 2 amide bonds. The maximum absolute atomic E-state index is 12.5. The number of rotatable bonds is 4. The van der Waals surface area contributed by atoms with Crippen LogP contribution in [0.2, 0.25) is 0 Å². The minimum Gasteiger partial charge on any atom is -0.323 e. The Morgan fingerprint density at radius 1 is 1.00 bits per heavy atom. The van der Waals surface area contributed by atoms with Gasteiger partial charge < -0.3 is 15.1 Å². The highest BCUT2D eigenvalue weighted by Crippen LogP contribution is 2.39. The van der Waals surface area contributed by atoms with Gasteiger partial charge in [0.05, 0.1) is 11.4 Å². The van der Waals surface area contributed by atoms with Crippen LogP contribution < -0.4 is 10.2 Å². The Morgan fingerprint density at radius 3 is 1.77 bits per heavy atom. The number of anilines is 2. The second-order valence-electron chi connectivity index (χ2n) is 4.72. The van der Waals surface area contributed by atoms with Crippen molar-refractivity contribution in [3.63, 3.8) is 0 Å². The molecule has 6 nitrogen and oxygen atoms in total. The fourth-order valence-corrected chi connectivity index (χ4v) is 2.14. The molecule has 0 saturated heterocycles. The van der Waals surface area contributed by atoms with Crippen molar-refractivity contribution in [2.75, 3.05) is 4.90 Å². The Bertz CT molecular complexity index is 633. The second kappa shape index (κ2) is 6.75. The minimum absolute atomic E-state index is 0.601. The SMILES string of the molecule is CC(NC(=O)N(c1ccccc1)c1ccccc1)P(=O)(O)O. The smallest absolute Gasteiger partial charge is 0.323 e. The van der Waals surface area contributed by atoms with Crippen molar-refractivity contribution >= 4 is 25.0 Å². The molecule has 0 spiro atoms. The van der Waals surface area contributed by atoms with Gasteiger partial charge in [0, 0.05) is 0 Å². The van der Waals surface area contributed by atoms with Crippen LogP contribution in [0.25, 0.3) is 0 Å². The predicted molar refractivity (Wildman–Crippen MR) is 85.1 cm³/mol. The molecule has 0 bridgehead atoms. The zero-order valence-corrected chi connectivity index (χ0v) is 12.9. The summed E-state index contributed by atoms with van der Waals surface area (Å²) in [6.07, 6.45) is 0. The van der Waals surface area contributed by atoms with Crippen LogP contribution in [-0.2, 0) is 4.57 Å². The van der Waals surface area contributed by atoms with Crippen LogP contribution in [0.3, 0.4) is 0 Å². The first-order chi connectivity index (χ1) is 10.4. The number of hydrogen-bond acceptors (Lipinski definition) is 2. The molecule has 0 radical (unpaired) electrons. The standard InChI is InChI=1S/C15H17N2O4P/c1-12(22(19,20)21)16-15(18)17(13-8-4-2-5-9-13)14-10-6-3-7-11-14/h2-12H,1H3,(H,16,18)(H2,19,20,21). The lowest BCUT2D eigenvalue weighted by molar-refractivity contribution is 0.245. The van der Waals surface area contributed by atoms with E-state index in [4.69, 9.17) is 9.79 Å². The molecule has 0 aliphatic carbocycles. The van der Waals surface area contributed by atoms with Crippen LogP contribution >= 0.6 is 7.60 Å². The van der Waals surface area contributed by atoms with Crippen LogP contribution in [0.5, 0.6) is 0 Å². The van der Waals surface area contributed by atoms with E-state index in [1.807, 2.05) is 12.1 Å². The van der Waals surface area contributed by atoms with E-state index in [0.29, 0.717) is 11.4 Å². The van der Waals surface area contributed by atoms with E-state index < -0.39 is 19.4 Å². The van der Waals surface area contributed by atoms with E-state index in [0.717, 1.165) is 0 Å². The average molecular weight is 320 g/mol. The first-order valence-electron chi connectivity index (χ1n) is 6.65. The first kappa shape index (κ1) is 16.2. The zero-order chi connectivity index (χ0) is 16.2. The van der Waals surface area contributed by atoms with E-state index >= 15 is 0 Å². The average Bonchev–Trinajstić information content (AvgIpc) is 2.48. The van der Waals surface area contributed by atoms with Gasteiger partial charge in [-0.15, -0.1) is 0 Å². The summed E-state index contributed by atoms with van der Waals surface area (Å²) >= 11 is 0. The monoisotopic (exact) mass is 320 g/mol. The number of amides is 2. The van der Waals surface area contributed by atoms with Gasteiger partial charge in [0.25, 0.3) is 0 Å². The van der Waals surface area contributed by atoms with Gasteiger partial charge in [-0.05, 0) is 31.2 Å². The molecule has 0 fully saturated rings. The summed E-state index contributed by atoms with van der Waals surface area (Å²) in [6.45, 7) is 1.27. The van der Waals surface area contributed by atoms with E-state index in [1.165, 1.54) is 11.8 Å². The predicted octanol–water partition coefficient (Wildman–Crippen LogP) is 3.06. The van der Waals surface area contributed by atoms with Crippen molar-refractivity contribution in [3.8, 4) is 0 Å². The lowest BCUT2D eigenvalue weighted by Crippen LogP contribution is -2.41. The third kappa shape index (κ3) is 3.95. The van der Waals surface area contributed by atoms with Gasteiger partial charge in [0.15, 0.2) is 0 Å². The van der Waals surface area contributed by atoms with Crippen LogP contribution in [0.15, 0.2) is 60.7 Å². The quantitative estimate of drug-likeness (QED) is 0.755. The largest absolute Gasteiger partial charge is 0.347 e. The van der Waals surface area contributed by atoms with Crippen LogP contribution in [0, 0.1) is 0 Å². The summed E-state index contributed by atoms with van der Waals surface area (Å²) in [5, 5.41) is 2.34. The maximum atomic E-state index is 12.5. The highest BCUT2D eigenvalue weighted by atomic mass is 31.2. The Hall–Kier alpha value is -2.14. The summed E-state index contributed by atoms with van der Waals surface area (Å²) in [5.74, 6) is -1.27. The molecule has 3 N–H and O–H groups in total. The van der Waals surface area contributed by atoms with Crippen LogP contribution in [0.1, 0.15) is 6.92 Å². The lowest BCUT2D eigenvalue weighted by Gasteiger charge is -2.25. The second-order valence-corrected chi connectivity index (χ2v) is 6.67. The van der Waals surface area contributed by atoms with Crippen molar-refractivity contribution in [3.05, 3.63) is 60.7 Å². The fraction of sp³-hybridized carbons (Fsp3) is 0.133. The molecule has 2 rings (SSSR count). The van der Waals surface area contributed by atoms with Crippen molar-refractivity contribution in [1.82, 2.24) is 5.32 Å². The van der Waals surface area contributed by atoms with Gasteiger partial charge >= 0.3 is 13.6 Å². The molecule has 0 aromatic heterocycles. The van der Waals surface area contributed by atoms with Gasteiger partial charge in [0.2, 0.25) is 0 Å². The van der Waals surface area contributed by atoms with Gasteiger partial charge in [-0.2, -0.15) is 0 Å². The first-order valence-corrected chi connectivity index (χ1v) is 8.33. The maximum Gasteiger partial charge on any atom is 0.347 e. The molecule has 7 heteroatoms. The normalized spacial score (nSPS) is 12.5. The molecule has 22 heavy (non-hydrogen) atoms. The molecule has 0 heterocycles. The summed E-state index contributed by atoms with van der Waals surface area (Å²) in [4.78, 5) is 32.1. The Balaban J connectivity index is 2.34. The lowest BCUT2D eigenvalue weighted by atomic mass is 10.2. The number of nitrogens with zero attached hydrogens (tertiary/aromatic N) is 1. The summed E-state index contributed by atoms with van der Waals surface area (Å²) in [5.41, 5.74) is 1.20. The van der Waals surface area contributed by atoms with Gasteiger partial charge in [0.1, 0.15) is 5.78 Å². The third-order valence-electron chi connectivity index (χ3n) is 3.07. The van der Waals surface area contributed by atoms with Crippen LogP contribution in [-0.4, -0.2) is 21.6 Å². The van der Waals surface area contributed by atoms with Crippen molar-refractivity contribution in [2.45, 2.75) is 12.7 Å². The zero-order valence-electron chi connectivity index (χ0n) is 12.0. The van der Waals surface area contributed by atoms with Crippen molar-refractivity contribution in [1.29, 1.82) is 0 Å². The Kier molecular flexibility index (Phi) is 4.98. The van der Waals surface area contributed by atoms with E-state index in [9.17, 15) is 9.36 Å². The molecule has 1 atom stereocenters.